The molecule has 140 valence electrons. The number of benzene rings is 2. The molecule has 0 bridgehead atoms. The van der Waals surface area contributed by atoms with Crippen LogP contribution in [0.2, 0.25) is 0 Å². The number of carbonyl (C=O) groups excluding carboxylic acids is 1. The van der Waals surface area contributed by atoms with E-state index in [1.807, 2.05) is 38.1 Å². The van der Waals surface area contributed by atoms with Crippen LogP contribution in [0.15, 0.2) is 58.8 Å². The van der Waals surface area contributed by atoms with Crippen LogP contribution in [-0.2, 0) is 21.2 Å². The summed E-state index contributed by atoms with van der Waals surface area (Å²) in [6.45, 7) is 3.86. The Morgan fingerprint density at radius 2 is 1.59 bits per heavy atom. The van der Waals surface area contributed by atoms with Crippen molar-refractivity contribution >= 4 is 38.1 Å². The molecule has 27 heavy (non-hydrogen) atoms. The fourth-order valence-electron chi connectivity index (χ4n) is 2.33. The van der Waals surface area contributed by atoms with E-state index < -0.39 is 10.0 Å². The molecule has 0 spiro atoms. The number of nitrogens with one attached hydrogen (secondary N) is 2. The van der Waals surface area contributed by atoms with Gasteiger partial charge in [-0.3, -0.25) is 9.52 Å². The fraction of sp³-hybridized carbons (Fsp3) is 0.158. The molecule has 0 atom stereocenters. The van der Waals surface area contributed by atoms with Crippen LogP contribution >= 0.6 is 11.3 Å². The van der Waals surface area contributed by atoms with E-state index in [2.05, 4.69) is 15.0 Å². The average Bonchev–Trinajstić information content (AvgIpc) is 3.03. The zero-order chi connectivity index (χ0) is 19.4. The van der Waals surface area contributed by atoms with Crippen molar-refractivity contribution in [3.8, 4) is 0 Å². The average molecular weight is 402 g/mol. The van der Waals surface area contributed by atoms with Gasteiger partial charge in [-0.15, -0.1) is 11.3 Å². The van der Waals surface area contributed by atoms with Crippen molar-refractivity contribution in [1.29, 1.82) is 0 Å². The molecule has 0 unspecified atom stereocenters. The van der Waals surface area contributed by atoms with Gasteiger partial charge >= 0.3 is 0 Å². The number of aromatic nitrogens is 1. The van der Waals surface area contributed by atoms with Crippen LogP contribution in [0, 0.1) is 13.8 Å². The molecule has 3 rings (SSSR count). The number of hydrogen-bond donors (Lipinski definition) is 2. The van der Waals surface area contributed by atoms with Crippen LogP contribution in [0.5, 0.6) is 0 Å². The van der Waals surface area contributed by atoms with Crippen molar-refractivity contribution in [2.24, 2.45) is 0 Å². The molecule has 1 heterocycles. The van der Waals surface area contributed by atoms with E-state index in [0.717, 1.165) is 22.5 Å². The number of sulfonamides is 1. The first-order valence-electron chi connectivity index (χ1n) is 8.22. The summed E-state index contributed by atoms with van der Waals surface area (Å²) < 4.78 is 27.2. The maximum absolute atomic E-state index is 12.4. The number of hydrogen-bond acceptors (Lipinski definition) is 5. The molecule has 0 saturated carbocycles. The molecular formula is C19H19N3O3S2. The monoisotopic (exact) mass is 401 g/mol. The summed E-state index contributed by atoms with van der Waals surface area (Å²) >= 11 is 1.14. The van der Waals surface area contributed by atoms with E-state index in [1.165, 1.54) is 0 Å². The van der Waals surface area contributed by atoms with Crippen molar-refractivity contribution < 1.29 is 13.2 Å². The predicted molar refractivity (Wildman–Crippen MR) is 108 cm³/mol. The summed E-state index contributed by atoms with van der Waals surface area (Å²) in [7, 11) is -3.70. The maximum atomic E-state index is 12.4. The first kappa shape index (κ1) is 19.1. The van der Waals surface area contributed by atoms with Gasteiger partial charge in [0.05, 0.1) is 17.0 Å². The van der Waals surface area contributed by atoms with Crippen LogP contribution in [0.1, 0.15) is 16.8 Å². The number of carbonyl (C=O) groups is 1. The van der Waals surface area contributed by atoms with Gasteiger partial charge in [-0.25, -0.2) is 13.4 Å². The summed E-state index contributed by atoms with van der Waals surface area (Å²) in [6, 6.07) is 14.0. The Kier molecular flexibility index (Phi) is 5.57. The molecule has 2 aromatic carbocycles. The van der Waals surface area contributed by atoms with E-state index in [4.69, 9.17) is 0 Å². The molecule has 1 amide bonds. The van der Waals surface area contributed by atoms with Gasteiger partial charge in [0.2, 0.25) is 5.91 Å². The third kappa shape index (κ3) is 5.15. The molecule has 0 aliphatic heterocycles. The first-order chi connectivity index (χ1) is 12.8. The highest BCUT2D eigenvalue weighted by Gasteiger charge is 2.16. The highest BCUT2D eigenvalue weighted by Crippen LogP contribution is 2.21. The van der Waals surface area contributed by atoms with Crippen LogP contribution in [0.25, 0.3) is 0 Å². The van der Waals surface area contributed by atoms with E-state index >= 15 is 0 Å². The van der Waals surface area contributed by atoms with Crippen LogP contribution in [-0.4, -0.2) is 19.3 Å². The predicted octanol–water partition coefficient (Wildman–Crippen LogP) is 3.74. The maximum Gasteiger partial charge on any atom is 0.263 e. The third-order valence-corrected chi connectivity index (χ3v) is 6.07. The lowest BCUT2D eigenvalue weighted by molar-refractivity contribution is -0.115. The molecule has 3 aromatic rings. The normalized spacial score (nSPS) is 11.2. The molecule has 0 aliphatic carbocycles. The van der Waals surface area contributed by atoms with Crippen molar-refractivity contribution in [3.63, 3.8) is 0 Å². The minimum absolute atomic E-state index is 0.0661. The van der Waals surface area contributed by atoms with Crippen LogP contribution in [0.4, 0.5) is 10.8 Å². The second-order valence-corrected chi connectivity index (χ2v) is 8.69. The third-order valence-electron chi connectivity index (χ3n) is 3.78. The van der Waals surface area contributed by atoms with Gasteiger partial charge in [-0.2, -0.15) is 0 Å². The summed E-state index contributed by atoms with van der Waals surface area (Å²) in [6.07, 6.45) is 0.0661. The molecule has 0 fully saturated rings. The van der Waals surface area contributed by atoms with Gasteiger partial charge in [0, 0.05) is 11.1 Å². The lowest BCUT2D eigenvalue weighted by atomic mass is 10.2. The molecular weight excluding hydrogens is 382 g/mol. The fourth-order valence-corrected chi connectivity index (χ4v) is 4.30. The van der Waals surface area contributed by atoms with Crippen molar-refractivity contribution in [1.82, 2.24) is 4.98 Å². The van der Waals surface area contributed by atoms with Gasteiger partial charge in [0.25, 0.3) is 10.0 Å². The zero-order valence-electron chi connectivity index (χ0n) is 14.9. The zero-order valence-corrected chi connectivity index (χ0v) is 16.5. The van der Waals surface area contributed by atoms with Gasteiger partial charge in [0.15, 0.2) is 5.13 Å². The summed E-state index contributed by atoms with van der Waals surface area (Å²) in [5.74, 6) is -0.211. The molecule has 6 nitrogen and oxygen atoms in total. The first-order valence-corrected chi connectivity index (χ1v) is 10.6. The Hall–Kier alpha value is -2.71. The van der Waals surface area contributed by atoms with Crippen LogP contribution in [0.3, 0.4) is 0 Å². The Morgan fingerprint density at radius 3 is 2.22 bits per heavy atom. The van der Waals surface area contributed by atoms with E-state index in [-0.39, 0.29) is 22.4 Å². The smallest absolute Gasteiger partial charge is 0.263 e. The van der Waals surface area contributed by atoms with Crippen LogP contribution < -0.4 is 10.0 Å². The van der Waals surface area contributed by atoms with Crippen molar-refractivity contribution in [2.75, 3.05) is 10.0 Å². The summed E-state index contributed by atoms with van der Waals surface area (Å²) in [5, 5.41) is 4.69. The van der Waals surface area contributed by atoms with E-state index in [9.17, 15) is 13.2 Å². The number of nitrogens with zero attached hydrogens (tertiary/aromatic N) is 1. The minimum atomic E-state index is -3.70. The highest BCUT2D eigenvalue weighted by atomic mass is 32.2. The molecule has 2 N–H and O–H groups in total. The van der Waals surface area contributed by atoms with Crippen molar-refractivity contribution in [3.05, 3.63) is 70.7 Å². The number of thiazole rings is 1. The quantitative estimate of drug-likeness (QED) is 0.659. The van der Waals surface area contributed by atoms with Gasteiger partial charge in [-0.05, 0) is 38.1 Å². The van der Waals surface area contributed by atoms with Crippen molar-refractivity contribution in [2.45, 2.75) is 25.2 Å². The topological polar surface area (TPSA) is 88.2 Å². The largest absolute Gasteiger partial charge is 0.326 e. The summed E-state index contributed by atoms with van der Waals surface area (Å²) in [4.78, 5) is 16.5. The number of rotatable bonds is 6. The van der Waals surface area contributed by atoms with Gasteiger partial charge in [-0.1, -0.05) is 35.4 Å². The number of aryl methyl sites for hydroxylation is 2. The highest BCUT2D eigenvalue weighted by molar-refractivity contribution is 7.93. The van der Waals surface area contributed by atoms with Gasteiger partial charge in [0.1, 0.15) is 0 Å². The molecule has 8 heteroatoms. The standard InChI is InChI=1S/C19H19N3O3S2/c1-13-3-7-15(8-4-13)20-18(23)11-16-12-26-19(21-16)22-27(24,25)17-9-5-14(2)6-10-17/h3-10,12H,11H2,1-2H3,(H,20,23)(H,21,22). The minimum Gasteiger partial charge on any atom is -0.326 e. The SMILES string of the molecule is Cc1ccc(NC(=O)Cc2csc(NS(=O)(=O)c3ccc(C)cc3)n2)cc1. The van der Waals surface area contributed by atoms with E-state index in [1.54, 1.807) is 29.6 Å². The second-order valence-electron chi connectivity index (χ2n) is 6.15. The molecule has 1 aromatic heterocycles. The molecule has 0 saturated heterocycles. The van der Waals surface area contributed by atoms with E-state index in [0.29, 0.717) is 11.4 Å². The lowest BCUT2D eigenvalue weighted by Gasteiger charge is -2.05. The Labute approximate surface area is 162 Å². The Morgan fingerprint density at radius 1 is 1.00 bits per heavy atom. The number of amides is 1. The molecule has 0 radical (unpaired) electrons. The number of anilines is 2. The van der Waals surface area contributed by atoms with Gasteiger partial charge < -0.3 is 5.32 Å². The lowest BCUT2D eigenvalue weighted by Crippen LogP contribution is -2.15. The summed E-state index contributed by atoms with van der Waals surface area (Å²) in [5.41, 5.74) is 3.30. The Balaban J connectivity index is 1.63. The Bertz CT molecular complexity index is 1040. The molecule has 0 aliphatic rings. The second kappa shape index (κ2) is 7.89.